The van der Waals surface area contributed by atoms with Crippen LogP contribution in [-0.4, -0.2) is 17.0 Å². The van der Waals surface area contributed by atoms with E-state index in [1.807, 2.05) is 23.9 Å². The summed E-state index contributed by atoms with van der Waals surface area (Å²) >= 11 is 2.05. The van der Waals surface area contributed by atoms with Gasteiger partial charge in [0.2, 0.25) is 0 Å². The molecule has 2 unspecified atom stereocenters. The highest BCUT2D eigenvalue weighted by Crippen LogP contribution is 2.32. The molecule has 0 spiro atoms. The Morgan fingerprint density at radius 3 is 3.00 bits per heavy atom. The van der Waals surface area contributed by atoms with Gasteiger partial charge in [0, 0.05) is 11.3 Å². The molecule has 0 amide bonds. The standard InChI is InChI=1S/C14H19N3S/c1-2-18-12-5-4-11(8-12)17-14-6-3-10(9-15)7-13(14)16/h3,6-7,11-12,17H,2,4-5,8,16H2,1H3. The number of rotatable bonds is 4. The van der Waals surface area contributed by atoms with Gasteiger partial charge in [0.15, 0.2) is 0 Å². The fraction of sp³-hybridized carbons (Fsp3) is 0.500. The van der Waals surface area contributed by atoms with Crippen molar-refractivity contribution in [1.29, 1.82) is 5.26 Å². The molecule has 4 heteroatoms. The Labute approximate surface area is 113 Å². The maximum atomic E-state index is 8.80. The van der Waals surface area contributed by atoms with Crippen LogP contribution in [0.5, 0.6) is 0 Å². The van der Waals surface area contributed by atoms with E-state index in [1.54, 1.807) is 6.07 Å². The molecule has 1 saturated carbocycles. The highest BCUT2D eigenvalue weighted by Gasteiger charge is 2.24. The normalized spacial score (nSPS) is 22.7. The van der Waals surface area contributed by atoms with Gasteiger partial charge in [0.1, 0.15) is 0 Å². The number of anilines is 2. The molecule has 1 aromatic carbocycles. The van der Waals surface area contributed by atoms with E-state index in [4.69, 9.17) is 11.0 Å². The van der Waals surface area contributed by atoms with Crippen molar-refractivity contribution in [2.75, 3.05) is 16.8 Å². The quantitative estimate of drug-likeness (QED) is 0.817. The van der Waals surface area contributed by atoms with E-state index in [0.29, 0.717) is 17.3 Å². The number of nitrogens with one attached hydrogen (secondary N) is 1. The third-order valence-corrected chi connectivity index (χ3v) is 4.56. The zero-order valence-electron chi connectivity index (χ0n) is 10.6. The number of hydrogen-bond donors (Lipinski definition) is 2. The summed E-state index contributed by atoms with van der Waals surface area (Å²) in [6, 6.07) is 8.07. The zero-order valence-corrected chi connectivity index (χ0v) is 11.5. The fourth-order valence-electron chi connectivity index (χ4n) is 2.44. The number of nitriles is 1. The molecule has 3 N–H and O–H groups in total. The summed E-state index contributed by atoms with van der Waals surface area (Å²) in [5.74, 6) is 1.19. The van der Waals surface area contributed by atoms with Crippen molar-refractivity contribution in [2.45, 2.75) is 37.5 Å². The van der Waals surface area contributed by atoms with Gasteiger partial charge < -0.3 is 11.1 Å². The van der Waals surface area contributed by atoms with Crippen LogP contribution in [0.15, 0.2) is 18.2 Å². The number of thioether (sulfide) groups is 1. The average molecular weight is 261 g/mol. The summed E-state index contributed by atoms with van der Waals surface area (Å²) < 4.78 is 0. The first kappa shape index (κ1) is 13.1. The second-order valence-corrected chi connectivity index (χ2v) is 6.22. The van der Waals surface area contributed by atoms with Crippen LogP contribution in [0.3, 0.4) is 0 Å². The van der Waals surface area contributed by atoms with E-state index in [1.165, 1.54) is 25.0 Å². The van der Waals surface area contributed by atoms with Gasteiger partial charge in [-0.2, -0.15) is 17.0 Å². The minimum atomic E-state index is 0.518. The van der Waals surface area contributed by atoms with Crippen LogP contribution >= 0.6 is 11.8 Å². The van der Waals surface area contributed by atoms with Gasteiger partial charge in [-0.15, -0.1) is 0 Å². The predicted molar refractivity (Wildman–Crippen MR) is 78.8 cm³/mol. The summed E-state index contributed by atoms with van der Waals surface area (Å²) in [4.78, 5) is 0. The molecule has 2 atom stereocenters. The van der Waals surface area contributed by atoms with E-state index in [0.717, 1.165) is 10.9 Å². The van der Waals surface area contributed by atoms with Crippen molar-refractivity contribution >= 4 is 23.1 Å². The topological polar surface area (TPSA) is 61.8 Å². The minimum Gasteiger partial charge on any atom is -0.397 e. The molecule has 0 saturated heterocycles. The van der Waals surface area contributed by atoms with Gasteiger partial charge in [0.25, 0.3) is 0 Å². The zero-order chi connectivity index (χ0) is 13.0. The predicted octanol–water partition coefficient (Wildman–Crippen LogP) is 3.23. The van der Waals surface area contributed by atoms with E-state index >= 15 is 0 Å². The maximum absolute atomic E-state index is 8.80. The van der Waals surface area contributed by atoms with Gasteiger partial charge in [-0.25, -0.2) is 0 Å². The van der Waals surface area contributed by atoms with Crippen molar-refractivity contribution in [2.24, 2.45) is 0 Å². The van der Waals surface area contributed by atoms with Gasteiger partial charge in [-0.05, 0) is 43.2 Å². The molecule has 1 aromatic rings. The number of nitrogens with two attached hydrogens (primary N) is 1. The van der Waals surface area contributed by atoms with Crippen LogP contribution in [0.1, 0.15) is 31.7 Å². The lowest BCUT2D eigenvalue weighted by atomic mass is 10.1. The Bertz CT molecular complexity index is 453. The Morgan fingerprint density at radius 1 is 1.50 bits per heavy atom. The first-order valence-electron chi connectivity index (χ1n) is 6.40. The molecule has 1 aliphatic carbocycles. The number of hydrogen-bond acceptors (Lipinski definition) is 4. The first-order valence-corrected chi connectivity index (χ1v) is 7.45. The molecular weight excluding hydrogens is 242 g/mol. The SMILES string of the molecule is CCSC1CCC(Nc2ccc(C#N)cc2N)C1. The van der Waals surface area contributed by atoms with Crippen molar-refractivity contribution in [3.05, 3.63) is 23.8 Å². The summed E-state index contributed by atoms with van der Waals surface area (Å²) in [6.07, 6.45) is 3.70. The van der Waals surface area contributed by atoms with E-state index in [-0.39, 0.29) is 0 Å². The molecule has 0 aliphatic heterocycles. The van der Waals surface area contributed by atoms with E-state index < -0.39 is 0 Å². The van der Waals surface area contributed by atoms with Gasteiger partial charge in [-0.1, -0.05) is 6.92 Å². The third-order valence-electron chi connectivity index (χ3n) is 3.33. The number of nitrogen functional groups attached to an aromatic ring is 1. The molecule has 2 rings (SSSR count). The van der Waals surface area contributed by atoms with E-state index in [2.05, 4.69) is 18.3 Å². The van der Waals surface area contributed by atoms with Gasteiger partial charge in [0.05, 0.1) is 23.0 Å². The highest BCUT2D eigenvalue weighted by atomic mass is 32.2. The highest BCUT2D eigenvalue weighted by molar-refractivity contribution is 7.99. The van der Waals surface area contributed by atoms with Crippen molar-refractivity contribution in [3.63, 3.8) is 0 Å². The monoisotopic (exact) mass is 261 g/mol. The molecule has 3 nitrogen and oxygen atoms in total. The lowest BCUT2D eigenvalue weighted by molar-refractivity contribution is 0.757. The van der Waals surface area contributed by atoms with Gasteiger partial charge >= 0.3 is 0 Å². The number of nitrogens with zero attached hydrogens (tertiary/aromatic N) is 1. The van der Waals surface area contributed by atoms with Crippen LogP contribution in [0.2, 0.25) is 0 Å². The Kier molecular flexibility index (Phi) is 4.38. The van der Waals surface area contributed by atoms with Crippen LogP contribution in [0.4, 0.5) is 11.4 Å². The van der Waals surface area contributed by atoms with Crippen molar-refractivity contribution < 1.29 is 0 Å². The first-order chi connectivity index (χ1) is 8.72. The van der Waals surface area contributed by atoms with E-state index in [9.17, 15) is 0 Å². The van der Waals surface area contributed by atoms with Crippen LogP contribution < -0.4 is 11.1 Å². The molecule has 0 radical (unpaired) electrons. The second kappa shape index (κ2) is 6.01. The van der Waals surface area contributed by atoms with Crippen molar-refractivity contribution in [1.82, 2.24) is 0 Å². The smallest absolute Gasteiger partial charge is 0.0992 e. The Morgan fingerprint density at radius 2 is 2.33 bits per heavy atom. The fourth-order valence-corrected chi connectivity index (χ4v) is 3.58. The molecular formula is C14H19N3S. The average Bonchev–Trinajstić information content (AvgIpc) is 2.80. The number of benzene rings is 1. The summed E-state index contributed by atoms with van der Waals surface area (Å²) in [5, 5.41) is 13.1. The van der Waals surface area contributed by atoms with Crippen LogP contribution in [-0.2, 0) is 0 Å². The third kappa shape index (κ3) is 3.11. The van der Waals surface area contributed by atoms with Gasteiger partial charge in [-0.3, -0.25) is 0 Å². The molecule has 96 valence electrons. The summed E-state index contributed by atoms with van der Waals surface area (Å²) in [5.41, 5.74) is 8.19. The van der Waals surface area contributed by atoms with Crippen LogP contribution in [0.25, 0.3) is 0 Å². The molecule has 18 heavy (non-hydrogen) atoms. The largest absolute Gasteiger partial charge is 0.397 e. The molecule has 0 aromatic heterocycles. The molecule has 0 heterocycles. The van der Waals surface area contributed by atoms with Crippen molar-refractivity contribution in [3.8, 4) is 6.07 Å². The summed E-state index contributed by atoms with van der Waals surface area (Å²) in [6.45, 7) is 2.21. The Hall–Kier alpha value is -1.34. The maximum Gasteiger partial charge on any atom is 0.0992 e. The van der Waals surface area contributed by atoms with Crippen LogP contribution in [0, 0.1) is 11.3 Å². The lowest BCUT2D eigenvalue weighted by Gasteiger charge is -2.16. The molecule has 1 fully saturated rings. The summed E-state index contributed by atoms with van der Waals surface area (Å²) in [7, 11) is 0. The minimum absolute atomic E-state index is 0.518. The Balaban J connectivity index is 1.96. The second-order valence-electron chi connectivity index (χ2n) is 4.65. The molecule has 0 bridgehead atoms. The lowest BCUT2D eigenvalue weighted by Crippen LogP contribution is -2.17. The molecule has 1 aliphatic rings.